The molecular formula is C26H22IOS+. The van der Waals surface area contributed by atoms with E-state index in [2.05, 4.69) is 139 Å². The Hall–Kier alpha value is -2.24. The highest BCUT2D eigenvalue weighted by atomic mass is 127. The Kier molecular flexibility index (Phi) is 6.57. The highest BCUT2D eigenvalue weighted by Gasteiger charge is 2.28. The predicted molar refractivity (Wildman–Crippen MR) is 130 cm³/mol. The Morgan fingerprint density at radius 1 is 0.621 bits per heavy atom. The van der Waals surface area contributed by atoms with E-state index in [-0.39, 0.29) is 17.0 Å². The van der Waals surface area contributed by atoms with E-state index in [9.17, 15) is 0 Å². The van der Waals surface area contributed by atoms with Crippen LogP contribution >= 0.6 is 22.6 Å². The largest absolute Gasteiger partial charge is 0.486 e. The second-order valence-corrected chi connectivity index (χ2v) is 9.99. The summed E-state index contributed by atoms with van der Waals surface area (Å²) >= 11 is 2.32. The van der Waals surface area contributed by atoms with Gasteiger partial charge in [0.2, 0.25) is 0 Å². The SMILES string of the molecule is CC(Oc1ccc([S+](c2ccccc2)c2ccccc2)cc1)c1ccc(I)cc1. The lowest BCUT2D eigenvalue weighted by Crippen LogP contribution is -2.06. The van der Waals surface area contributed by atoms with Crippen LogP contribution in [-0.4, -0.2) is 0 Å². The third-order valence-electron chi connectivity index (χ3n) is 4.67. The maximum atomic E-state index is 6.19. The molecule has 0 aliphatic heterocycles. The summed E-state index contributed by atoms with van der Waals surface area (Å²) in [7, 11) is -0.131. The first-order chi connectivity index (χ1) is 14.2. The van der Waals surface area contributed by atoms with Gasteiger partial charge in [0.1, 0.15) is 11.9 Å². The monoisotopic (exact) mass is 509 g/mol. The third kappa shape index (κ3) is 5.03. The second kappa shape index (κ2) is 9.51. The maximum Gasteiger partial charge on any atom is 0.166 e. The lowest BCUT2D eigenvalue weighted by atomic mass is 10.1. The number of hydrogen-bond acceptors (Lipinski definition) is 1. The molecule has 0 saturated carbocycles. The summed E-state index contributed by atoms with van der Waals surface area (Å²) in [6.07, 6.45) is 0.0133. The maximum absolute atomic E-state index is 6.19. The van der Waals surface area contributed by atoms with Crippen molar-refractivity contribution < 1.29 is 4.74 Å². The van der Waals surface area contributed by atoms with Crippen LogP contribution in [0.5, 0.6) is 5.75 Å². The highest BCUT2D eigenvalue weighted by Crippen LogP contribution is 2.32. The fraction of sp³-hybridized carbons (Fsp3) is 0.0769. The molecule has 0 amide bonds. The number of rotatable bonds is 6. The summed E-state index contributed by atoms with van der Waals surface area (Å²) in [6.45, 7) is 2.09. The van der Waals surface area contributed by atoms with Gasteiger partial charge in [-0.3, -0.25) is 0 Å². The Labute approximate surface area is 189 Å². The molecule has 1 atom stereocenters. The van der Waals surface area contributed by atoms with Gasteiger partial charge in [0, 0.05) is 3.57 Å². The van der Waals surface area contributed by atoms with Crippen LogP contribution in [0.15, 0.2) is 124 Å². The molecule has 0 N–H and O–H groups in total. The van der Waals surface area contributed by atoms with E-state index in [0.717, 1.165) is 5.75 Å². The minimum atomic E-state index is -0.131. The van der Waals surface area contributed by atoms with Gasteiger partial charge >= 0.3 is 0 Å². The van der Waals surface area contributed by atoms with Gasteiger partial charge in [-0.1, -0.05) is 48.5 Å². The van der Waals surface area contributed by atoms with Crippen LogP contribution in [-0.2, 0) is 10.9 Å². The van der Waals surface area contributed by atoms with Crippen molar-refractivity contribution in [3.8, 4) is 5.75 Å². The lowest BCUT2D eigenvalue weighted by molar-refractivity contribution is 0.227. The van der Waals surface area contributed by atoms with Gasteiger partial charge in [-0.25, -0.2) is 0 Å². The third-order valence-corrected chi connectivity index (χ3v) is 7.62. The van der Waals surface area contributed by atoms with Gasteiger partial charge in [0.25, 0.3) is 0 Å². The van der Waals surface area contributed by atoms with Gasteiger partial charge in [0.05, 0.1) is 10.9 Å². The lowest BCUT2D eigenvalue weighted by Gasteiger charge is -2.15. The van der Waals surface area contributed by atoms with E-state index in [4.69, 9.17) is 4.74 Å². The minimum Gasteiger partial charge on any atom is -0.486 e. The average molecular weight is 509 g/mol. The molecule has 0 bridgehead atoms. The summed E-state index contributed by atoms with van der Waals surface area (Å²) in [5, 5.41) is 0. The second-order valence-electron chi connectivity index (χ2n) is 6.72. The van der Waals surface area contributed by atoms with E-state index in [1.807, 2.05) is 0 Å². The van der Waals surface area contributed by atoms with Gasteiger partial charge in [-0.05, 0) is 95.7 Å². The molecule has 0 spiro atoms. The molecule has 4 aromatic carbocycles. The fourth-order valence-electron chi connectivity index (χ4n) is 3.18. The first-order valence-electron chi connectivity index (χ1n) is 9.57. The van der Waals surface area contributed by atoms with Crippen LogP contribution in [0.3, 0.4) is 0 Å². The van der Waals surface area contributed by atoms with Crippen molar-refractivity contribution in [1.82, 2.24) is 0 Å². The first-order valence-corrected chi connectivity index (χ1v) is 11.9. The molecule has 0 fully saturated rings. The van der Waals surface area contributed by atoms with E-state index >= 15 is 0 Å². The molecule has 4 rings (SSSR count). The highest BCUT2D eigenvalue weighted by molar-refractivity contribution is 14.1. The van der Waals surface area contributed by atoms with Crippen molar-refractivity contribution in [2.24, 2.45) is 0 Å². The summed E-state index contributed by atoms with van der Waals surface area (Å²) < 4.78 is 7.42. The van der Waals surface area contributed by atoms with Crippen molar-refractivity contribution in [2.75, 3.05) is 0 Å². The van der Waals surface area contributed by atoms with Crippen LogP contribution in [0.2, 0.25) is 0 Å². The molecule has 0 aliphatic rings. The van der Waals surface area contributed by atoms with E-state index in [1.165, 1.54) is 23.8 Å². The number of benzene rings is 4. The zero-order valence-corrected chi connectivity index (χ0v) is 19.1. The first kappa shape index (κ1) is 20.0. The van der Waals surface area contributed by atoms with Crippen LogP contribution in [0, 0.1) is 3.57 Å². The van der Waals surface area contributed by atoms with Crippen molar-refractivity contribution in [1.29, 1.82) is 0 Å². The van der Waals surface area contributed by atoms with Crippen LogP contribution in [0.4, 0.5) is 0 Å². The van der Waals surface area contributed by atoms with E-state index in [1.54, 1.807) is 0 Å². The Morgan fingerprint density at radius 3 is 1.62 bits per heavy atom. The molecule has 0 saturated heterocycles. The van der Waals surface area contributed by atoms with Gasteiger partial charge in [0.15, 0.2) is 14.7 Å². The summed E-state index contributed by atoms with van der Waals surface area (Å²) in [5.41, 5.74) is 1.18. The number of hydrogen-bond donors (Lipinski definition) is 0. The molecule has 1 nitrogen and oxygen atoms in total. The quantitative estimate of drug-likeness (QED) is 0.193. The van der Waals surface area contributed by atoms with Crippen LogP contribution in [0.1, 0.15) is 18.6 Å². The summed E-state index contributed by atoms with van der Waals surface area (Å²) in [6, 6.07) is 38.5. The molecule has 0 radical (unpaired) electrons. The van der Waals surface area contributed by atoms with Gasteiger partial charge in [-0.15, -0.1) is 0 Å². The summed E-state index contributed by atoms with van der Waals surface area (Å²) in [5.74, 6) is 0.893. The Balaban J connectivity index is 1.58. The zero-order chi connectivity index (χ0) is 20.1. The predicted octanol–water partition coefficient (Wildman–Crippen LogP) is 7.53. The van der Waals surface area contributed by atoms with Crippen LogP contribution in [0.25, 0.3) is 0 Å². The number of halogens is 1. The smallest absolute Gasteiger partial charge is 0.166 e. The van der Waals surface area contributed by atoms with Gasteiger partial charge in [-0.2, -0.15) is 0 Å². The molecule has 0 heterocycles. The van der Waals surface area contributed by atoms with Crippen molar-refractivity contribution in [3.63, 3.8) is 0 Å². The molecule has 29 heavy (non-hydrogen) atoms. The van der Waals surface area contributed by atoms with Gasteiger partial charge < -0.3 is 4.74 Å². The Bertz CT molecular complexity index is 992. The van der Waals surface area contributed by atoms with E-state index < -0.39 is 0 Å². The average Bonchev–Trinajstić information content (AvgIpc) is 2.77. The van der Waals surface area contributed by atoms with Crippen molar-refractivity contribution >= 4 is 33.5 Å². The van der Waals surface area contributed by atoms with Crippen molar-refractivity contribution in [2.45, 2.75) is 27.7 Å². The molecular weight excluding hydrogens is 487 g/mol. The Morgan fingerprint density at radius 2 is 1.10 bits per heavy atom. The van der Waals surface area contributed by atoms with Crippen LogP contribution < -0.4 is 4.74 Å². The molecule has 144 valence electrons. The topological polar surface area (TPSA) is 9.23 Å². The standard InChI is InChI=1S/C26H22IOS/c1-20(21-12-14-22(27)15-13-21)28-23-16-18-26(19-17-23)29(24-8-4-2-5-9-24)25-10-6-3-7-11-25/h2-20H,1H3/q+1. The molecule has 3 heteroatoms. The zero-order valence-electron chi connectivity index (χ0n) is 16.2. The number of ether oxygens (including phenoxy) is 1. The molecule has 0 aliphatic carbocycles. The fourth-order valence-corrected chi connectivity index (χ4v) is 5.62. The molecule has 4 aromatic rings. The molecule has 1 unspecified atom stereocenters. The van der Waals surface area contributed by atoms with E-state index in [0.29, 0.717) is 0 Å². The molecule has 0 aromatic heterocycles. The van der Waals surface area contributed by atoms with Crippen molar-refractivity contribution in [3.05, 3.63) is 118 Å². The normalized spacial score (nSPS) is 12.0. The summed E-state index contributed by atoms with van der Waals surface area (Å²) in [4.78, 5) is 3.93. The minimum absolute atomic E-state index is 0.0133.